The molecule has 1 aromatic carbocycles. The van der Waals surface area contributed by atoms with E-state index in [0.29, 0.717) is 0 Å². The van der Waals surface area contributed by atoms with Crippen LogP contribution in [0.25, 0.3) is 0 Å². The Morgan fingerprint density at radius 1 is 0.810 bits per heavy atom. The zero-order valence-corrected chi connectivity index (χ0v) is 10.8. The minimum Gasteiger partial charge on any atom is -0.306 e. The number of nitrogens with one attached hydrogen (secondary N) is 1. The van der Waals surface area contributed by atoms with Crippen LogP contribution in [0.2, 0.25) is 0 Å². The summed E-state index contributed by atoms with van der Waals surface area (Å²) in [5.74, 6) is 0. The molecule has 0 saturated carbocycles. The third-order valence-corrected chi connectivity index (χ3v) is 3.14. The van der Waals surface area contributed by atoms with Gasteiger partial charge in [0.1, 0.15) is 5.54 Å². The topological polar surface area (TPSA) is 12.0 Å². The lowest BCUT2D eigenvalue weighted by molar-refractivity contribution is -0.143. The predicted molar refractivity (Wildman–Crippen MR) is 58.9 cm³/mol. The SMILES string of the molecule is CNC(C)(c1cc(C(F)(F)F)cc(C(F)(F)F)c1)C(F)F. The first-order chi connectivity index (χ1) is 9.32. The average molecular weight is 321 g/mol. The molecule has 21 heavy (non-hydrogen) atoms. The van der Waals surface area contributed by atoms with Crippen LogP contribution < -0.4 is 5.32 Å². The van der Waals surface area contributed by atoms with Crippen molar-refractivity contribution in [3.05, 3.63) is 34.9 Å². The van der Waals surface area contributed by atoms with Gasteiger partial charge in [0, 0.05) is 0 Å². The lowest BCUT2D eigenvalue weighted by Crippen LogP contribution is -2.44. The Kier molecular flexibility index (Phi) is 4.57. The molecule has 0 saturated heterocycles. The molecular formula is C12H11F8N. The molecule has 1 unspecified atom stereocenters. The largest absolute Gasteiger partial charge is 0.416 e. The second kappa shape index (κ2) is 5.43. The Bertz CT molecular complexity index is 473. The van der Waals surface area contributed by atoms with E-state index < -0.39 is 41.0 Å². The maximum absolute atomic E-state index is 13.0. The summed E-state index contributed by atoms with van der Waals surface area (Å²) in [5, 5.41) is 2.07. The fourth-order valence-corrected chi connectivity index (χ4v) is 1.63. The van der Waals surface area contributed by atoms with Gasteiger partial charge in [-0.2, -0.15) is 26.3 Å². The summed E-state index contributed by atoms with van der Waals surface area (Å²) in [6, 6.07) is 0.473. The minimum atomic E-state index is -5.08. The van der Waals surface area contributed by atoms with Gasteiger partial charge in [0.25, 0.3) is 6.43 Å². The van der Waals surface area contributed by atoms with Crippen molar-refractivity contribution in [2.75, 3.05) is 7.05 Å². The van der Waals surface area contributed by atoms with Crippen molar-refractivity contribution in [1.82, 2.24) is 5.32 Å². The molecule has 0 spiro atoms. The molecule has 1 atom stereocenters. The van der Waals surface area contributed by atoms with Crippen molar-refractivity contribution in [1.29, 1.82) is 0 Å². The van der Waals surface area contributed by atoms with Gasteiger partial charge in [-0.25, -0.2) is 8.78 Å². The first-order valence-corrected chi connectivity index (χ1v) is 5.59. The summed E-state index contributed by atoms with van der Waals surface area (Å²) in [6.45, 7) is 0.827. The van der Waals surface area contributed by atoms with Gasteiger partial charge >= 0.3 is 12.4 Å². The van der Waals surface area contributed by atoms with Crippen molar-refractivity contribution in [3.63, 3.8) is 0 Å². The third kappa shape index (κ3) is 3.63. The molecule has 0 aromatic heterocycles. The van der Waals surface area contributed by atoms with E-state index >= 15 is 0 Å². The fourth-order valence-electron chi connectivity index (χ4n) is 1.63. The van der Waals surface area contributed by atoms with Crippen molar-refractivity contribution < 1.29 is 35.1 Å². The molecule has 1 N–H and O–H groups in total. The van der Waals surface area contributed by atoms with Crippen LogP contribution in [-0.4, -0.2) is 13.5 Å². The molecule has 0 aliphatic heterocycles. The zero-order chi connectivity index (χ0) is 16.6. The Labute approximate surface area is 114 Å². The molecule has 0 heterocycles. The quantitative estimate of drug-likeness (QED) is 0.813. The standard InChI is InChI=1S/C12H11F8N/c1-10(21-2,9(13)14)6-3-7(11(15,16)17)5-8(4-6)12(18,19)20/h3-5,9,21H,1-2H3. The van der Waals surface area contributed by atoms with Gasteiger partial charge in [-0.05, 0) is 37.7 Å². The van der Waals surface area contributed by atoms with E-state index in [9.17, 15) is 35.1 Å². The number of hydrogen-bond donors (Lipinski definition) is 1. The van der Waals surface area contributed by atoms with E-state index in [1.165, 1.54) is 0 Å². The molecule has 1 rings (SSSR count). The number of halogens is 8. The highest BCUT2D eigenvalue weighted by Crippen LogP contribution is 2.39. The normalized spacial score (nSPS) is 16.1. The highest BCUT2D eigenvalue weighted by molar-refractivity contribution is 5.37. The molecule has 0 aliphatic carbocycles. The van der Waals surface area contributed by atoms with Gasteiger partial charge < -0.3 is 5.32 Å². The summed E-state index contributed by atoms with van der Waals surface area (Å²) in [5.41, 5.74) is -6.38. The molecule has 0 fully saturated rings. The molecule has 0 radical (unpaired) electrons. The molecular weight excluding hydrogens is 310 g/mol. The van der Waals surface area contributed by atoms with E-state index in [0.717, 1.165) is 14.0 Å². The number of rotatable bonds is 3. The summed E-state index contributed by atoms with van der Waals surface area (Å²) in [6.07, 6.45) is -13.4. The van der Waals surface area contributed by atoms with E-state index in [4.69, 9.17) is 0 Å². The molecule has 1 aromatic rings. The van der Waals surface area contributed by atoms with Crippen molar-refractivity contribution in [2.45, 2.75) is 31.2 Å². The van der Waals surface area contributed by atoms with Gasteiger partial charge in [-0.3, -0.25) is 0 Å². The van der Waals surface area contributed by atoms with E-state index in [1.54, 1.807) is 0 Å². The van der Waals surface area contributed by atoms with Crippen LogP contribution in [0.4, 0.5) is 35.1 Å². The second-order valence-electron chi connectivity index (χ2n) is 4.55. The first-order valence-electron chi connectivity index (χ1n) is 5.59. The van der Waals surface area contributed by atoms with E-state index in [1.807, 2.05) is 0 Å². The van der Waals surface area contributed by atoms with Crippen LogP contribution in [-0.2, 0) is 17.9 Å². The highest BCUT2D eigenvalue weighted by atomic mass is 19.4. The molecule has 0 aliphatic rings. The first kappa shape index (κ1) is 17.7. The van der Waals surface area contributed by atoms with Crippen LogP contribution in [0.15, 0.2) is 18.2 Å². The van der Waals surface area contributed by atoms with Crippen LogP contribution in [0.1, 0.15) is 23.6 Å². The Balaban J connectivity index is 3.60. The molecule has 1 nitrogen and oxygen atoms in total. The number of hydrogen-bond acceptors (Lipinski definition) is 1. The molecule has 0 amide bonds. The summed E-state index contributed by atoms with van der Waals surface area (Å²) >= 11 is 0. The van der Waals surface area contributed by atoms with Crippen LogP contribution in [0, 0.1) is 0 Å². The van der Waals surface area contributed by atoms with Crippen LogP contribution in [0.3, 0.4) is 0 Å². The van der Waals surface area contributed by atoms with Crippen molar-refractivity contribution >= 4 is 0 Å². The van der Waals surface area contributed by atoms with Crippen molar-refractivity contribution in [2.24, 2.45) is 0 Å². The minimum absolute atomic E-state index is 0.106. The molecule has 120 valence electrons. The maximum atomic E-state index is 13.0. The average Bonchev–Trinajstić information content (AvgIpc) is 2.34. The highest BCUT2D eigenvalue weighted by Gasteiger charge is 2.41. The molecule has 0 bridgehead atoms. The van der Waals surface area contributed by atoms with Gasteiger partial charge in [0.15, 0.2) is 0 Å². The second-order valence-corrected chi connectivity index (χ2v) is 4.55. The Morgan fingerprint density at radius 2 is 1.14 bits per heavy atom. The maximum Gasteiger partial charge on any atom is 0.416 e. The van der Waals surface area contributed by atoms with Crippen LogP contribution >= 0.6 is 0 Å². The van der Waals surface area contributed by atoms with Crippen LogP contribution in [0.5, 0.6) is 0 Å². The number of alkyl halides is 8. The third-order valence-electron chi connectivity index (χ3n) is 3.14. The fraction of sp³-hybridized carbons (Fsp3) is 0.500. The van der Waals surface area contributed by atoms with Gasteiger partial charge in [-0.15, -0.1) is 0 Å². The lowest BCUT2D eigenvalue weighted by atomic mass is 9.89. The zero-order valence-electron chi connectivity index (χ0n) is 10.8. The smallest absolute Gasteiger partial charge is 0.306 e. The monoisotopic (exact) mass is 321 g/mol. The lowest BCUT2D eigenvalue weighted by Gasteiger charge is -2.30. The van der Waals surface area contributed by atoms with E-state index in [2.05, 4.69) is 5.32 Å². The Morgan fingerprint density at radius 3 is 1.38 bits per heavy atom. The van der Waals surface area contributed by atoms with Crippen molar-refractivity contribution in [3.8, 4) is 0 Å². The van der Waals surface area contributed by atoms with Gasteiger partial charge in [-0.1, -0.05) is 0 Å². The van der Waals surface area contributed by atoms with Gasteiger partial charge in [0.2, 0.25) is 0 Å². The summed E-state index contributed by atoms with van der Waals surface area (Å²) in [4.78, 5) is 0. The Hall–Kier alpha value is -1.38. The predicted octanol–water partition coefficient (Wildman–Crippen LogP) is 4.42. The van der Waals surface area contributed by atoms with Gasteiger partial charge in [0.05, 0.1) is 11.1 Å². The summed E-state index contributed by atoms with van der Waals surface area (Å²) in [7, 11) is 1.03. The summed E-state index contributed by atoms with van der Waals surface area (Å²) < 4.78 is 102. The van der Waals surface area contributed by atoms with E-state index in [-0.39, 0.29) is 18.2 Å². The number of benzene rings is 1. The molecule has 9 heteroatoms.